The molecule has 1 N–H and O–H groups in total. The summed E-state index contributed by atoms with van der Waals surface area (Å²) in [4.78, 5) is 8.85. The Kier molecular flexibility index (Phi) is 12.5. The predicted octanol–water partition coefficient (Wildman–Crippen LogP) is 4.09. The van der Waals surface area contributed by atoms with Crippen molar-refractivity contribution in [1.82, 2.24) is 15.1 Å². The molecule has 24 heavy (non-hydrogen) atoms. The maximum absolute atomic E-state index is 6.04. The molecule has 0 spiro atoms. The molecule has 0 heterocycles. The minimum Gasteiger partial charge on any atom is -0.356 e. The summed E-state index contributed by atoms with van der Waals surface area (Å²) < 4.78 is 0. The van der Waals surface area contributed by atoms with Crippen LogP contribution < -0.4 is 5.32 Å². The second-order valence-electron chi connectivity index (χ2n) is 6.24. The topological polar surface area (TPSA) is 30.9 Å². The molecular weight excluding hydrogens is 435 g/mol. The minimum atomic E-state index is 0. The van der Waals surface area contributed by atoms with Gasteiger partial charge in [0.2, 0.25) is 0 Å². The molecule has 6 heteroatoms. The number of nitrogens with one attached hydrogen (secondary N) is 1. The van der Waals surface area contributed by atoms with Gasteiger partial charge in [-0.3, -0.25) is 4.99 Å². The first-order chi connectivity index (χ1) is 10.9. The van der Waals surface area contributed by atoms with Crippen LogP contribution in [0.2, 0.25) is 5.02 Å². The van der Waals surface area contributed by atoms with E-state index in [0.29, 0.717) is 6.04 Å². The normalized spacial score (nSPS) is 11.6. The first kappa shape index (κ1) is 23.5. The average Bonchev–Trinajstić information content (AvgIpc) is 2.50. The summed E-state index contributed by atoms with van der Waals surface area (Å²) in [6.45, 7) is 7.32. The van der Waals surface area contributed by atoms with Crippen LogP contribution in [0.3, 0.4) is 0 Å². The van der Waals surface area contributed by atoms with E-state index in [0.717, 1.165) is 37.0 Å². The highest BCUT2D eigenvalue weighted by Crippen LogP contribution is 2.12. The number of benzene rings is 1. The van der Waals surface area contributed by atoms with Crippen molar-refractivity contribution in [3.63, 3.8) is 0 Å². The molecule has 0 bridgehead atoms. The second kappa shape index (κ2) is 12.8. The molecule has 0 aliphatic heterocycles. The molecule has 1 aromatic rings. The first-order valence-electron chi connectivity index (χ1n) is 8.30. The molecule has 0 saturated carbocycles. The Balaban J connectivity index is 0.00000529. The molecule has 138 valence electrons. The third-order valence-electron chi connectivity index (χ3n) is 3.98. The summed E-state index contributed by atoms with van der Waals surface area (Å²) in [5, 5.41) is 4.20. The molecule has 0 amide bonds. The summed E-state index contributed by atoms with van der Waals surface area (Å²) in [6.07, 6.45) is 2.33. The predicted molar refractivity (Wildman–Crippen MR) is 117 cm³/mol. The Morgan fingerprint density at radius 1 is 1.25 bits per heavy atom. The van der Waals surface area contributed by atoms with Crippen molar-refractivity contribution in [3.8, 4) is 0 Å². The third-order valence-corrected chi connectivity index (χ3v) is 4.22. The zero-order chi connectivity index (χ0) is 17.2. The monoisotopic (exact) mass is 466 g/mol. The zero-order valence-electron chi connectivity index (χ0n) is 15.6. The SMILES string of the molecule is CN=C(NCCCCN(C)C(C)C)N(C)Cc1cccc(Cl)c1.I. The Morgan fingerprint density at radius 3 is 2.54 bits per heavy atom. The Morgan fingerprint density at radius 2 is 1.96 bits per heavy atom. The fourth-order valence-corrected chi connectivity index (χ4v) is 2.53. The zero-order valence-corrected chi connectivity index (χ0v) is 18.6. The number of halogens is 2. The van der Waals surface area contributed by atoms with Gasteiger partial charge in [-0.05, 0) is 58.0 Å². The molecule has 0 unspecified atom stereocenters. The van der Waals surface area contributed by atoms with Crippen LogP contribution in [0.15, 0.2) is 29.3 Å². The number of unbranched alkanes of at least 4 members (excludes halogenated alkanes) is 1. The fourth-order valence-electron chi connectivity index (χ4n) is 2.31. The summed E-state index contributed by atoms with van der Waals surface area (Å²) in [5.41, 5.74) is 1.18. The summed E-state index contributed by atoms with van der Waals surface area (Å²) in [5.74, 6) is 0.919. The van der Waals surface area contributed by atoms with Crippen LogP contribution in [0.5, 0.6) is 0 Å². The summed E-state index contributed by atoms with van der Waals surface area (Å²) in [6, 6.07) is 8.56. The largest absolute Gasteiger partial charge is 0.356 e. The van der Waals surface area contributed by atoms with Gasteiger partial charge in [0.15, 0.2) is 5.96 Å². The van der Waals surface area contributed by atoms with Crippen molar-refractivity contribution in [3.05, 3.63) is 34.9 Å². The van der Waals surface area contributed by atoms with Crippen LogP contribution in [0.25, 0.3) is 0 Å². The van der Waals surface area contributed by atoms with E-state index in [1.165, 1.54) is 12.0 Å². The molecule has 0 saturated heterocycles. The number of hydrogen-bond acceptors (Lipinski definition) is 2. The minimum absolute atomic E-state index is 0. The van der Waals surface area contributed by atoms with E-state index in [4.69, 9.17) is 11.6 Å². The average molecular weight is 467 g/mol. The van der Waals surface area contributed by atoms with Crippen LogP contribution in [0.4, 0.5) is 0 Å². The molecule has 1 rings (SSSR count). The highest BCUT2D eigenvalue weighted by atomic mass is 127. The van der Waals surface area contributed by atoms with Gasteiger partial charge in [0.05, 0.1) is 0 Å². The lowest BCUT2D eigenvalue weighted by Crippen LogP contribution is -2.39. The van der Waals surface area contributed by atoms with Crippen LogP contribution in [0.1, 0.15) is 32.3 Å². The first-order valence-corrected chi connectivity index (χ1v) is 8.68. The van der Waals surface area contributed by atoms with E-state index in [-0.39, 0.29) is 24.0 Å². The van der Waals surface area contributed by atoms with Gasteiger partial charge >= 0.3 is 0 Å². The van der Waals surface area contributed by atoms with Gasteiger partial charge in [-0.1, -0.05) is 23.7 Å². The highest BCUT2D eigenvalue weighted by molar-refractivity contribution is 14.0. The quantitative estimate of drug-likeness (QED) is 0.271. The van der Waals surface area contributed by atoms with Crippen molar-refractivity contribution in [2.24, 2.45) is 4.99 Å². The van der Waals surface area contributed by atoms with Gasteiger partial charge in [0, 0.05) is 38.2 Å². The van der Waals surface area contributed by atoms with Crippen molar-refractivity contribution >= 4 is 41.5 Å². The molecule has 0 atom stereocenters. The number of guanidine groups is 1. The van der Waals surface area contributed by atoms with E-state index in [9.17, 15) is 0 Å². The van der Waals surface area contributed by atoms with E-state index in [1.807, 2.05) is 32.3 Å². The van der Waals surface area contributed by atoms with Crippen molar-refractivity contribution in [1.29, 1.82) is 0 Å². The fraction of sp³-hybridized carbons (Fsp3) is 0.611. The Hall–Kier alpha value is -0.530. The molecule has 1 aromatic carbocycles. The molecule has 0 aliphatic rings. The van der Waals surface area contributed by atoms with Gasteiger partial charge in [0.1, 0.15) is 0 Å². The maximum Gasteiger partial charge on any atom is 0.193 e. The third kappa shape index (κ3) is 9.08. The molecule has 0 aromatic heterocycles. The van der Waals surface area contributed by atoms with Crippen molar-refractivity contribution in [2.45, 2.75) is 39.3 Å². The number of hydrogen-bond donors (Lipinski definition) is 1. The highest BCUT2D eigenvalue weighted by Gasteiger charge is 2.07. The van der Waals surface area contributed by atoms with E-state index in [1.54, 1.807) is 0 Å². The van der Waals surface area contributed by atoms with Gasteiger partial charge in [-0.2, -0.15) is 0 Å². The van der Waals surface area contributed by atoms with Crippen LogP contribution in [-0.4, -0.2) is 56.0 Å². The smallest absolute Gasteiger partial charge is 0.193 e. The lowest BCUT2D eigenvalue weighted by atomic mass is 10.2. The number of rotatable bonds is 8. The van der Waals surface area contributed by atoms with Crippen LogP contribution in [0, 0.1) is 0 Å². The molecule has 4 nitrogen and oxygen atoms in total. The number of nitrogens with zero attached hydrogens (tertiary/aromatic N) is 3. The summed E-state index contributed by atoms with van der Waals surface area (Å²) >= 11 is 6.04. The van der Waals surface area contributed by atoms with E-state index in [2.05, 4.69) is 47.1 Å². The van der Waals surface area contributed by atoms with E-state index < -0.39 is 0 Å². The standard InChI is InChI=1S/C18H31ClN4.HI/c1-15(2)22(4)12-7-6-11-21-18(20-3)23(5)14-16-9-8-10-17(19)13-16;/h8-10,13,15H,6-7,11-12,14H2,1-5H3,(H,20,21);1H. The Bertz CT molecular complexity index is 494. The van der Waals surface area contributed by atoms with E-state index >= 15 is 0 Å². The molecule has 0 radical (unpaired) electrons. The molecule has 0 aliphatic carbocycles. The molecule has 0 fully saturated rings. The van der Waals surface area contributed by atoms with Crippen molar-refractivity contribution in [2.75, 3.05) is 34.2 Å². The summed E-state index contributed by atoms with van der Waals surface area (Å²) in [7, 11) is 6.04. The van der Waals surface area contributed by atoms with Gasteiger partial charge in [0.25, 0.3) is 0 Å². The molecular formula is C18H32ClIN4. The van der Waals surface area contributed by atoms with Crippen LogP contribution in [-0.2, 0) is 6.54 Å². The lowest BCUT2D eigenvalue weighted by Gasteiger charge is -2.23. The second-order valence-corrected chi connectivity index (χ2v) is 6.68. The Labute approximate surface area is 169 Å². The maximum atomic E-state index is 6.04. The van der Waals surface area contributed by atoms with Crippen molar-refractivity contribution < 1.29 is 0 Å². The number of aliphatic imine (C=N–C) groups is 1. The van der Waals surface area contributed by atoms with Gasteiger partial charge in [-0.25, -0.2) is 0 Å². The van der Waals surface area contributed by atoms with Gasteiger partial charge in [-0.15, -0.1) is 24.0 Å². The van der Waals surface area contributed by atoms with Crippen LogP contribution >= 0.6 is 35.6 Å². The van der Waals surface area contributed by atoms with Gasteiger partial charge < -0.3 is 15.1 Å². The lowest BCUT2D eigenvalue weighted by molar-refractivity contribution is 0.268.